The summed E-state index contributed by atoms with van der Waals surface area (Å²) in [5.41, 5.74) is 0. The highest BCUT2D eigenvalue weighted by Gasteiger charge is 1.97. The molecule has 0 aliphatic rings. The van der Waals surface area contributed by atoms with Gasteiger partial charge in [0.25, 0.3) is 0 Å². The molecule has 0 atom stereocenters. The Morgan fingerprint density at radius 3 is 2.81 bits per heavy atom. The maximum absolute atomic E-state index is 5.83. The summed E-state index contributed by atoms with van der Waals surface area (Å²) in [7, 11) is 0. The van der Waals surface area contributed by atoms with Crippen molar-refractivity contribution in [3.8, 4) is 5.75 Å². The van der Waals surface area contributed by atoms with E-state index >= 15 is 0 Å². The van der Waals surface area contributed by atoms with Crippen LogP contribution in [0.2, 0.25) is 10.0 Å². The number of ether oxygens (including phenoxy) is 1. The van der Waals surface area contributed by atoms with Gasteiger partial charge in [0.2, 0.25) is 0 Å². The summed E-state index contributed by atoms with van der Waals surface area (Å²) in [6.07, 6.45) is 3.35. The maximum Gasteiger partial charge on any atom is 0.120 e. The van der Waals surface area contributed by atoms with E-state index in [0.717, 1.165) is 5.75 Å². The van der Waals surface area contributed by atoms with Gasteiger partial charge < -0.3 is 4.74 Å². The molecule has 0 spiro atoms. The molecule has 84 valence electrons. The molecule has 0 radical (unpaired) electrons. The maximum atomic E-state index is 5.83. The van der Waals surface area contributed by atoms with Crippen molar-refractivity contribution in [1.29, 1.82) is 0 Å². The lowest BCUT2D eigenvalue weighted by atomic mass is 10.3. The van der Waals surface area contributed by atoms with Gasteiger partial charge in [0, 0.05) is 11.2 Å². The number of hydrogen-bond acceptors (Lipinski definition) is 2. The predicted octanol–water partition coefficient (Wildman–Crippen LogP) is 3.27. The molecule has 2 aromatic rings. The van der Waals surface area contributed by atoms with Crippen LogP contribution in [0.15, 0.2) is 36.7 Å². The number of nitrogens with zero attached hydrogens (tertiary/aromatic N) is 2. The third-order valence-corrected chi connectivity index (χ3v) is 2.42. The van der Waals surface area contributed by atoms with E-state index in [1.54, 1.807) is 23.1 Å². The third kappa shape index (κ3) is 3.15. The van der Waals surface area contributed by atoms with E-state index in [1.165, 1.54) is 0 Å². The van der Waals surface area contributed by atoms with Crippen molar-refractivity contribution >= 4 is 23.2 Å². The second kappa shape index (κ2) is 5.23. The van der Waals surface area contributed by atoms with Gasteiger partial charge in [-0.05, 0) is 18.2 Å². The quantitative estimate of drug-likeness (QED) is 0.840. The van der Waals surface area contributed by atoms with Crippen molar-refractivity contribution in [3.05, 3.63) is 46.7 Å². The summed E-state index contributed by atoms with van der Waals surface area (Å²) in [6, 6.07) is 7.30. The van der Waals surface area contributed by atoms with Crippen LogP contribution in [0.1, 0.15) is 0 Å². The first-order valence-corrected chi connectivity index (χ1v) is 5.56. The standard InChI is InChI=1S/C11H10Cl2N2O/c12-9-2-1-3-11(6-9)16-5-4-15-8-10(13)7-14-15/h1-3,6-8H,4-5H2. The van der Waals surface area contributed by atoms with E-state index < -0.39 is 0 Å². The lowest BCUT2D eigenvalue weighted by Gasteiger charge is -2.06. The van der Waals surface area contributed by atoms with Crippen LogP contribution >= 0.6 is 23.2 Å². The summed E-state index contributed by atoms with van der Waals surface area (Å²) in [5, 5.41) is 5.34. The van der Waals surface area contributed by atoms with Gasteiger partial charge in [-0.2, -0.15) is 5.10 Å². The van der Waals surface area contributed by atoms with Crippen molar-refractivity contribution in [1.82, 2.24) is 9.78 Å². The third-order valence-electron chi connectivity index (χ3n) is 1.99. The second-order valence-electron chi connectivity index (χ2n) is 3.23. The molecule has 2 rings (SSSR count). The zero-order valence-electron chi connectivity index (χ0n) is 8.44. The van der Waals surface area contributed by atoms with Crippen molar-refractivity contribution in [2.45, 2.75) is 6.54 Å². The molecule has 0 saturated heterocycles. The van der Waals surface area contributed by atoms with Crippen molar-refractivity contribution in [2.75, 3.05) is 6.61 Å². The van der Waals surface area contributed by atoms with Crippen LogP contribution in [0.4, 0.5) is 0 Å². The SMILES string of the molecule is Clc1cccc(OCCn2cc(Cl)cn2)c1. The molecule has 1 heterocycles. The highest BCUT2D eigenvalue weighted by atomic mass is 35.5. The van der Waals surface area contributed by atoms with Gasteiger partial charge in [-0.1, -0.05) is 29.3 Å². The minimum Gasteiger partial charge on any atom is -0.492 e. The molecule has 0 aliphatic heterocycles. The summed E-state index contributed by atoms with van der Waals surface area (Å²) in [6.45, 7) is 1.18. The van der Waals surface area contributed by atoms with Gasteiger partial charge in [-0.3, -0.25) is 4.68 Å². The molecule has 0 unspecified atom stereocenters. The Balaban J connectivity index is 1.84. The summed E-state index contributed by atoms with van der Waals surface area (Å²) in [4.78, 5) is 0. The van der Waals surface area contributed by atoms with E-state index in [4.69, 9.17) is 27.9 Å². The predicted molar refractivity (Wildman–Crippen MR) is 64.2 cm³/mol. The van der Waals surface area contributed by atoms with Crippen molar-refractivity contribution in [3.63, 3.8) is 0 Å². The lowest BCUT2D eigenvalue weighted by Crippen LogP contribution is -2.08. The number of rotatable bonds is 4. The number of benzene rings is 1. The Kier molecular flexibility index (Phi) is 3.70. The second-order valence-corrected chi connectivity index (χ2v) is 4.10. The smallest absolute Gasteiger partial charge is 0.120 e. The lowest BCUT2D eigenvalue weighted by molar-refractivity contribution is 0.291. The normalized spacial score (nSPS) is 10.4. The van der Waals surface area contributed by atoms with E-state index in [0.29, 0.717) is 23.2 Å². The first kappa shape index (κ1) is 11.3. The molecule has 0 aliphatic carbocycles. The molecule has 0 N–H and O–H groups in total. The minimum absolute atomic E-state index is 0.526. The van der Waals surface area contributed by atoms with E-state index in [2.05, 4.69) is 5.10 Å². The monoisotopic (exact) mass is 256 g/mol. The zero-order chi connectivity index (χ0) is 11.4. The fraction of sp³-hybridized carbons (Fsp3) is 0.182. The fourth-order valence-electron chi connectivity index (χ4n) is 1.27. The molecule has 0 fully saturated rings. The topological polar surface area (TPSA) is 27.1 Å². The van der Waals surface area contributed by atoms with E-state index in [1.807, 2.05) is 18.2 Å². The van der Waals surface area contributed by atoms with Gasteiger partial charge in [0.05, 0.1) is 17.8 Å². The van der Waals surface area contributed by atoms with Crippen LogP contribution in [0.5, 0.6) is 5.75 Å². The molecule has 5 heteroatoms. The average Bonchev–Trinajstić information content (AvgIpc) is 2.64. The highest BCUT2D eigenvalue weighted by Crippen LogP contribution is 2.17. The molecule has 16 heavy (non-hydrogen) atoms. The molecule has 1 aromatic carbocycles. The zero-order valence-corrected chi connectivity index (χ0v) is 9.95. The van der Waals surface area contributed by atoms with Crippen LogP contribution in [0, 0.1) is 0 Å². The Morgan fingerprint density at radius 2 is 2.12 bits per heavy atom. The highest BCUT2D eigenvalue weighted by molar-refractivity contribution is 6.30. The summed E-state index contributed by atoms with van der Waals surface area (Å²) in [5.74, 6) is 0.755. The number of hydrogen-bond donors (Lipinski definition) is 0. The molecule has 3 nitrogen and oxygen atoms in total. The Bertz CT molecular complexity index is 471. The van der Waals surface area contributed by atoms with Crippen LogP contribution in [-0.4, -0.2) is 16.4 Å². The Hall–Kier alpha value is -1.19. The molecule has 1 aromatic heterocycles. The van der Waals surface area contributed by atoms with Crippen molar-refractivity contribution in [2.24, 2.45) is 0 Å². The average molecular weight is 257 g/mol. The van der Waals surface area contributed by atoms with Gasteiger partial charge >= 0.3 is 0 Å². The summed E-state index contributed by atoms with van der Waals surface area (Å²) < 4.78 is 7.24. The molecule has 0 amide bonds. The number of aromatic nitrogens is 2. The molecular formula is C11H10Cl2N2O. The van der Waals surface area contributed by atoms with Gasteiger partial charge in [0.15, 0.2) is 0 Å². The van der Waals surface area contributed by atoms with Crippen LogP contribution in [0.25, 0.3) is 0 Å². The van der Waals surface area contributed by atoms with E-state index in [-0.39, 0.29) is 0 Å². The largest absolute Gasteiger partial charge is 0.492 e. The first-order chi connectivity index (χ1) is 7.74. The molecule has 0 bridgehead atoms. The Labute approximate surface area is 104 Å². The van der Waals surface area contributed by atoms with Crippen LogP contribution in [0.3, 0.4) is 0 Å². The van der Waals surface area contributed by atoms with Gasteiger partial charge in [-0.25, -0.2) is 0 Å². The minimum atomic E-state index is 0.526. The van der Waals surface area contributed by atoms with Gasteiger partial charge in [0.1, 0.15) is 12.4 Å². The van der Waals surface area contributed by atoms with Crippen molar-refractivity contribution < 1.29 is 4.74 Å². The summed E-state index contributed by atoms with van der Waals surface area (Å²) >= 11 is 11.6. The van der Waals surface area contributed by atoms with E-state index in [9.17, 15) is 0 Å². The molecular weight excluding hydrogens is 247 g/mol. The number of halogens is 2. The van der Waals surface area contributed by atoms with Crippen LogP contribution < -0.4 is 4.74 Å². The first-order valence-electron chi connectivity index (χ1n) is 4.80. The van der Waals surface area contributed by atoms with Crippen LogP contribution in [-0.2, 0) is 6.54 Å². The fourth-order valence-corrected chi connectivity index (χ4v) is 1.61. The molecule has 0 saturated carbocycles. The Morgan fingerprint density at radius 1 is 1.25 bits per heavy atom. The van der Waals surface area contributed by atoms with Gasteiger partial charge in [-0.15, -0.1) is 0 Å².